The molecule has 0 bridgehead atoms. The molecule has 11 nitrogen and oxygen atoms in total. The molecule has 2 heterocycles. The topological polar surface area (TPSA) is 133 Å². The second-order valence-electron chi connectivity index (χ2n) is 6.00. The van der Waals surface area contributed by atoms with Crippen molar-refractivity contribution in [3.63, 3.8) is 0 Å². The zero-order valence-electron chi connectivity index (χ0n) is 15.4. The van der Waals surface area contributed by atoms with Crippen LogP contribution in [0.25, 0.3) is 0 Å². The molecule has 2 aliphatic heterocycles. The molecule has 0 amide bonds. The number of carbonyl (C=O) groups is 3. The van der Waals surface area contributed by atoms with Gasteiger partial charge >= 0.3 is 25.7 Å². The standard InChI is InChI=1S/C15H23O11P/c1-8-12(23-9(2)16)13(24-10(3)17)14(25-11(4)18)15(22-8)26-27(19)20-6-5-7-21-27/h8,12-15H,5-7H2,1-4H3/t8-,12+,13+,14-,15+/m0/s1. The van der Waals surface area contributed by atoms with Crippen LogP contribution in [0.2, 0.25) is 0 Å². The number of hydrogen-bond donors (Lipinski definition) is 0. The van der Waals surface area contributed by atoms with Gasteiger partial charge in [0.25, 0.3) is 0 Å². The van der Waals surface area contributed by atoms with Crippen LogP contribution in [-0.4, -0.2) is 61.8 Å². The third-order valence-electron chi connectivity index (χ3n) is 3.65. The highest BCUT2D eigenvalue weighted by atomic mass is 31.2. The quantitative estimate of drug-likeness (QED) is 0.366. The molecule has 0 radical (unpaired) electrons. The summed E-state index contributed by atoms with van der Waals surface area (Å²) in [6.45, 7) is 5.27. The summed E-state index contributed by atoms with van der Waals surface area (Å²) < 4.78 is 49.2. The third-order valence-corrected chi connectivity index (χ3v) is 5.12. The summed E-state index contributed by atoms with van der Waals surface area (Å²) in [6.07, 6.45) is -5.44. The predicted molar refractivity (Wildman–Crippen MR) is 86.2 cm³/mol. The fourth-order valence-corrected chi connectivity index (χ4v) is 4.02. The first-order chi connectivity index (χ1) is 12.6. The molecule has 154 valence electrons. The minimum atomic E-state index is -3.96. The van der Waals surface area contributed by atoms with E-state index in [-0.39, 0.29) is 13.2 Å². The van der Waals surface area contributed by atoms with E-state index in [2.05, 4.69) is 0 Å². The molecule has 5 atom stereocenters. The van der Waals surface area contributed by atoms with Crippen molar-refractivity contribution in [2.75, 3.05) is 13.2 Å². The van der Waals surface area contributed by atoms with E-state index in [4.69, 9.17) is 32.5 Å². The van der Waals surface area contributed by atoms with E-state index in [9.17, 15) is 18.9 Å². The van der Waals surface area contributed by atoms with Gasteiger partial charge in [0.15, 0.2) is 18.3 Å². The van der Waals surface area contributed by atoms with Gasteiger partial charge in [0, 0.05) is 20.8 Å². The molecule has 2 rings (SSSR count). The van der Waals surface area contributed by atoms with Crippen LogP contribution in [0.4, 0.5) is 0 Å². The highest BCUT2D eigenvalue weighted by molar-refractivity contribution is 7.48. The summed E-state index contributed by atoms with van der Waals surface area (Å²) in [4.78, 5) is 34.5. The third kappa shape index (κ3) is 5.98. The van der Waals surface area contributed by atoms with Crippen LogP contribution in [0.15, 0.2) is 0 Å². The molecule has 27 heavy (non-hydrogen) atoms. The lowest BCUT2D eigenvalue weighted by atomic mass is 9.99. The lowest BCUT2D eigenvalue weighted by molar-refractivity contribution is -0.284. The van der Waals surface area contributed by atoms with Gasteiger partial charge in [-0.2, -0.15) is 0 Å². The van der Waals surface area contributed by atoms with E-state index in [1.165, 1.54) is 13.8 Å². The first-order valence-electron chi connectivity index (χ1n) is 8.36. The Hall–Kier alpha value is -1.52. The van der Waals surface area contributed by atoms with Crippen LogP contribution in [0.5, 0.6) is 0 Å². The van der Waals surface area contributed by atoms with Gasteiger partial charge < -0.3 is 18.9 Å². The molecule has 0 saturated carbocycles. The highest BCUT2D eigenvalue weighted by Gasteiger charge is 2.53. The Balaban J connectivity index is 2.31. The van der Waals surface area contributed by atoms with Crippen molar-refractivity contribution in [2.45, 2.75) is 64.8 Å². The summed E-state index contributed by atoms with van der Waals surface area (Å²) in [6, 6.07) is 0. The molecule has 0 aromatic carbocycles. The smallest absolute Gasteiger partial charge is 0.456 e. The van der Waals surface area contributed by atoms with E-state index >= 15 is 0 Å². The summed E-state index contributed by atoms with van der Waals surface area (Å²) in [5.74, 6) is -2.10. The van der Waals surface area contributed by atoms with Crippen molar-refractivity contribution in [2.24, 2.45) is 0 Å². The number of hydrogen-bond acceptors (Lipinski definition) is 11. The van der Waals surface area contributed by atoms with E-state index in [1.54, 1.807) is 0 Å². The zero-order chi connectivity index (χ0) is 20.2. The average Bonchev–Trinajstić information content (AvgIpc) is 2.54. The molecule has 2 aliphatic rings. The molecule has 2 fully saturated rings. The Morgan fingerprint density at radius 1 is 0.852 bits per heavy atom. The monoisotopic (exact) mass is 410 g/mol. The van der Waals surface area contributed by atoms with Crippen LogP contribution in [0.1, 0.15) is 34.1 Å². The van der Waals surface area contributed by atoms with Crippen molar-refractivity contribution >= 4 is 25.7 Å². The van der Waals surface area contributed by atoms with Gasteiger partial charge in [0.1, 0.15) is 0 Å². The van der Waals surface area contributed by atoms with Gasteiger partial charge in [-0.25, -0.2) is 4.57 Å². The summed E-state index contributed by atoms with van der Waals surface area (Å²) in [5.41, 5.74) is 0. The number of esters is 3. The van der Waals surface area contributed by atoms with Gasteiger partial charge in [0.05, 0.1) is 19.3 Å². The second kappa shape index (κ2) is 9.11. The normalized spacial score (nSPS) is 33.0. The van der Waals surface area contributed by atoms with Gasteiger partial charge in [-0.05, 0) is 13.3 Å². The summed E-state index contributed by atoms with van der Waals surface area (Å²) in [7, 11) is -3.96. The number of carbonyl (C=O) groups excluding carboxylic acids is 3. The fraction of sp³-hybridized carbons (Fsp3) is 0.800. The average molecular weight is 410 g/mol. The van der Waals surface area contributed by atoms with Gasteiger partial charge in [-0.1, -0.05) is 0 Å². The molecule has 12 heteroatoms. The molecule has 0 unspecified atom stereocenters. The number of phosphoric ester groups is 1. The molecular weight excluding hydrogens is 387 g/mol. The summed E-state index contributed by atoms with van der Waals surface area (Å²) >= 11 is 0. The number of rotatable bonds is 5. The Labute approximate surface area is 156 Å². The highest BCUT2D eigenvalue weighted by Crippen LogP contribution is 2.54. The predicted octanol–water partition coefficient (Wildman–Crippen LogP) is 1.09. The van der Waals surface area contributed by atoms with Gasteiger partial charge in [-0.15, -0.1) is 0 Å². The molecule has 2 saturated heterocycles. The van der Waals surface area contributed by atoms with Gasteiger partial charge in [0.2, 0.25) is 6.29 Å². The maximum Gasteiger partial charge on any atom is 0.477 e. The Morgan fingerprint density at radius 2 is 1.33 bits per heavy atom. The van der Waals surface area contributed by atoms with E-state index in [0.29, 0.717) is 6.42 Å². The minimum Gasteiger partial charge on any atom is -0.456 e. The largest absolute Gasteiger partial charge is 0.477 e. The van der Waals surface area contributed by atoms with Crippen LogP contribution < -0.4 is 0 Å². The SMILES string of the molecule is CC(=O)O[C@H]1[C@H](OC(C)=O)[C@@H](OP2(=O)OCCCO2)O[C@@H](C)[C@H]1OC(C)=O. The van der Waals surface area contributed by atoms with Crippen molar-refractivity contribution in [3.8, 4) is 0 Å². The van der Waals surface area contributed by atoms with Crippen LogP contribution in [0, 0.1) is 0 Å². The molecular formula is C15H23O11P. The Morgan fingerprint density at radius 3 is 1.85 bits per heavy atom. The Bertz CT molecular complexity index is 611. The first-order valence-corrected chi connectivity index (χ1v) is 9.82. The summed E-state index contributed by atoms with van der Waals surface area (Å²) in [5, 5.41) is 0. The van der Waals surface area contributed by atoms with Crippen molar-refractivity contribution < 1.29 is 51.5 Å². The Kier molecular flexibility index (Phi) is 7.35. The molecule has 0 N–H and O–H groups in total. The second-order valence-corrected chi connectivity index (χ2v) is 7.63. The minimum absolute atomic E-state index is 0.154. The molecule has 0 aliphatic carbocycles. The van der Waals surface area contributed by atoms with Crippen molar-refractivity contribution in [1.29, 1.82) is 0 Å². The van der Waals surface area contributed by atoms with E-state index in [1.807, 2.05) is 0 Å². The lowest BCUT2D eigenvalue weighted by Gasteiger charge is -2.43. The first kappa shape index (κ1) is 21.8. The van der Waals surface area contributed by atoms with Crippen molar-refractivity contribution in [3.05, 3.63) is 0 Å². The van der Waals surface area contributed by atoms with E-state index < -0.39 is 56.4 Å². The molecule has 0 spiro atoms. The maximum atomic E-state index is 12.5. The lowest BCUT2D eigenvalue weighted by Crippen LogP contribution is -2.61. The fourth-order valence-electron chi connectivity index (χ4n) is 2.69. The zero-order valence-corrected chi connectivity index (χ0v) is 16.3. The number of ether oxygens (including phenoxy) is 4. The molecule has 0 aromatic heterocycles. The number of phosphoric acid groups is 1. The maximum absolute atomic E-state index is 12.5. The molecule has 0 aromatic rings. The van der Waals surface area contributed by atoms with Crippen LogP contribution in [-0.2, 0) is 51.5 Å². The van der Waals surface area contributed by atoms with Crippen molar-refractivity contribution in [1.82, 2.24) is 0 Å². The van der Waals surface area contributed by atoms with Gasteiger partial charge in [-0.3, -0.25) is 28.0 Å². The van der Waals surface area contributed by atoms with Crippen LogP contribution in [0.3, 0.4) is 0 Å². The van der Waals surface area contributed by atoms with E-state index in [0.717, 1.165) is 13.8 Å². The van der Waals surface area contributed by atoms with Crippen LogP contribution >= 0.6 is 7.82 Å².